The van der Waals surface area contributed by atoms with Crippen LogP contribution in [0.4, 0.5) is 13.6 Å². The van der Waals surface area contributed by atoms with Crippen molar-refractivity contribution in [3.05, 3.63) is 0 Å². The molecule has 0 bridgehead atoms. The molecule has 0 aliphatic carbocycles. The van der Waals surface area contributed by atoms with E-state index >= 15 is 0 Å². The molecule has 0 fully saturated rings. The molecule has 0 atom stereocenters. The van der Waals surface area contributed by atoms with E-state index < -0.39 is 25.2 Å². The summed E-state index contributed by atoms with van der Waals surface area (Å²) >= 11 is 0. The smallest absolute Gasteiger partial charge is 0.404 e. The maximum atomic E-state index is 11.9. The third-order valence-corrected chi connectivity index (χ3v) is 0.657. The number of aliphatic hydroxyl groups excluding tert-OH is 1. The number of amides is 1. The Morgan fingerprint density at radius 2 is 2.20 bits per heavy atom. The molecule has 0 saturated heterocycles. The first-order valence-electron chi connectivity index (χ1n) is 2.39. The molecule has 1 amide bonds. The van der Waals surface area contributed by atoms with E-state index in [4.69, 9.17) is 5.11 Å². The number of halogens is 2. The average molecular weight is 155 g/mol. The molecule has 0 spiro atoms. The zero-order valence-corrected chi connectivity index (χ0v) is 5.01. The van der Waals surface area contributed by atoms with Crippen LogP contribution in [0.25, 0.3) is 0 Å². The van der Waals surface area contributed by atoms with Gasteiger partial charge < -0.3 is 15.6 Å². The Balaban J connectivity index is 3.56. The summed E-state index contributed by atoms with van der Waals surface area (Å²) in [6.45, 7) is -2.54. The number of alkyl halides is 2. The number of rotatable bonds is 3. The van der Waals surface area contributed by atoms with E-state index in [1.54, 1.807) is 0 Å². The number of primary amides is 1. The molecule has 3 N–H and O–H groups in total. The van der Waals surface area contributed by atoms with Gasteiger partial charge in [0.05, 0.1) is 0 Å². The van der Waals surface area contributed by atoms with Gasteiger partial charge in [0, 0.05) is 0 Å². The predicted molar refractivity (Wildman–Crippen MR) is 27.6 cm³/mol. The molecule has 60 valence electrons. The molecule has 0 radical (unpaired) electrons. The average Bonchev–Trinajstić information content (AvgIpc) is 1.85. The van der Waals surface area contributed by atoms with Crippen LogP contribution in [0, 0.1) is 0 Å². The van der Waals surface area contributed by atoms with Crippen LogP contribution in [0.1, 0.15) is 0 Å². The Bertz CT molecular complexity index is 128. The van der Waals surface area contributed by atoms with Crippen LogP contribution in [0.5, 0.6) is 0 Å². The van der Waals surface area contributed by atoms with Crippen LogP contribution in [0.2, 0.25) is 0 Å². The maximum Gasteiger partial charge on any atom is 0.404 e. The zero-order chi connectivity index (χ0) is 8.20. The van der Waals surface area contributed by atoms with Gasteiger partial charge in [-0.3, -0.25) is 0 Å². The van der Waals surface area contributed by atoms with Gasteiger partial charge in [-0.25, -0.2) is 13.6 Å². The first-order chi connectivity index (χ1) is 4.48. The zero-order valence-electron chi connectivity index (χ0n) is 5.01. The van der Waals surface area contributed by atoms with E-state index in [-0.39, 0.29) is 0 Å². The number of carbonyl (C=O) groups excluding carboxylic acids is 1. The summed E-state index contributed by atoms with van der Waals surface area (Å²) in [7, 11) is 0. The molecule has 0 rings (SSSR count). The minimum absolute atomic E-state index is 1.18. The fourth-order valence-corrected chi connectivity index (χ4v) is 0.222. The SMILES string of the molecule is NC(=O)OCC(F)(F)CO. The summed E-state index contributed by atoms with van der Waals surface area (Å²) in [5.41, 5.74) is 4.38. The quantitative estimate of drug-likeness (QED) is 0.588. The highest BCUT2D eigenvalue weighted by atomic mass is 19.3. The monoisotopic (exact) mass is 155 g/mol. The van der Waals surface area contributed by atoms with Gasteiger partial charge in [-0.1, -0.05) is 0 Å². The van der Waals surface area contributed by atoms with Gasteiger partial charge in [0.1, 0.15) is 6.61 Å². The van der Waals surface area contributed by atoms with Crippen molar-refractivity contribution in [2.45, 2.75) is 5.92 Å². The van der Waals surface area contributed by atoms with Gasteiger partial charge in [0.25, 0.3) is 0 Å². The third-order valence-electron chi connectivity index (χ3n) is 0.657. The highest BCUT2D eigenvalue weighted by Gasteiger charge is 2.29. The molecular weight excluding hydrogens is 148 g/mol. The first-order valence-corrected chi connectivity index (χ1v) is 2.39. The molecule has 6 heteroatoms. The van der Waals surface area contributed by atoms with Crippen LogP contribution < -0.4 is 5.73 Å². The maximum absolute atomic E-state index is 11.9. The molecule has 10 heavy (non-hydrogen) atoms. The second kappa shape index (κ2) is 3.31. The second-order valence-electron chi connectivity index (χ2n) is 1.62. The largest absolute Gasteiger partial charge is 0.443 e. The van der Waals surface area contributed by atoms with E-state index in [1.807, 2.05) is 0 Å². The summed E-state index contributed by atoms with van der Waals surface area (Å²) < 4.78 is 27.6. The van der Waals surface area contributed by atoms with Crippen molar-refractivity contribution in [3.8, 4) is 0 Å². The highest BCUT2D eigenvalue weighted by molar-refractivity contribution is 5.64. The minimum Gasteiger partial charge on any atom is -0.443 e. The number of aliphatic hydroxyl groups is 1. The molecule has 0 unspecified atom stereocenters. The van der Waals surface area contributed by atoms with Crippen molar-refractivity contribution >= 4 is 6.09 Å². The Kier molecular flexibility index (Phi) is 3.01. The van der Waals surface area contributed by atoms with E-state index in [0.29, 0.717) is 0 Å². The number of hydrogen-bond acceptors (Lipinski definition) is 3. The number of hydrogen-bond donors (Lipinski definition) is 2. The molecule has 0 aromatic rings. The highest BCUT2D eigenvalue weighted by Crippen LogP contribution is 2.11. The van der Waals surface area contributed by atoms with Gasteiger partial charge in [0.15, 0.2) is 6.61 Å². The Hall–Kier alpha value is -0.910. The van der Waals surface area contributed by atoms with Gasteiger partial charge in [-0.2, -0.15) is 0 Å². The Labute approximate surface area is 55.6 Å². The summed E-state index contributed by atoms with van der Waals surface area (Å²) in [4.78, 5) is 9.75. The van der Waals surface area contributed by atoms with Gasteiger partial charge in [0.2, 0.25) is 0 Å². The molecule has 0 aliphatic heterocycles. The number of carbonyl (C=O) groups is 1. The fraction of sp³-hybridized carbons (Fsp3) is 0.750. The van der Waals surface area contributed by atoms with Crippen molar-refractivity contribution in [3.63, 3.8) is 0 Å². The third kappa shape index (κ3) is 4.02. The molecule has 0 aromatic carbocycles. The van der Waals surface area contributed by atoms with E-state index in [1.165, 1.54) is 0 Å². The number of nitrogens with two attached hydrogens (primary N) is 1. The molecule has 4 nitrogen and oxygen atoms in total. The lowest BCUT2D eigenvalue weighted by atomic mass is 10.4. The first kappa shape index (κ1) is 9.09. The molecule has 0 aliphatic rings. The summed E-state index contributed by atoms with van der Waals surface area (Å²) in [6, 6.07) is 0. The molecule has 0 aromatic heterocycles. The Morgan fingerprint density at radius 1 is 1.70 bits per heavy atom. The van der Waals surface area contributed by atoms with Crippen molar-refractivity contribution in [2.24, 2.45) is 5.73 Å². The standard InChI is InChI=1S/C4H7F2NO3/c5-4(6,1-8)2-10-3(7)9/h8H,1-2H2,(H2,7,9). The van der Waals surface area contributed by atoms with Gasteiger partial charge in [-0.15, -0.1) is 0 Å². The predicted octanol–water partition coefficient (Wildman–Crippen LogP) is -0.291. The van der Waals surface area contributed by atoms with E-state index in [2.05, 4.69) is 10.5 Å². The van der Waals surface area contributed by atoms with Crippen molar-refractivity contribution in [1.29, 1.82) is 0 Å². The summed E-state index contributed by atoms with van der Waals surface area (Å²) in [5, 5.41) is 7.92. The van der Waals surface area contributed by atoms with Crippen molar-refractivity contribution < 1.29 is 23.4 Å². The van der Waals surface area contributed by atoms with Gasteiger partial charge >= 0.3 is 12.0 Å². The molecule has 0 heterocycles. The van der Waals surface area contributed by atoms with Crippen LogP contribution in [-0.4, -0.2) is 30.3 Å². The lowest BCUT2D eigenvalue weighted by molar-refractivity contribution is -0.0886. The van der Waals surface area contributed by atoms with E-state index in [0.717, 1.165) is 0 Å². The van der Waals surface area contributed by atoms with Crippen LogP contribution >= 0.6 is 0 Å². The lowest BCUT2D eigenvalue weighted by Gasteiger charge is -2.11. The van der Waals surface area contributed by atoms with Gasteiger partial charge in [-0.05, 0) is 0 Å². The van der Waals surface area contributed by atoms with Crippen LogP contribution in [-0.2, 0) is 4.74 Å². The normalized spacial score (nSPS) is 11.1. The van der Waals surface area contributed by atoms with Crippen LogP contribution in [0.3, 0.4) is 0 Å². The molecular formula is C4H7F2NO3. The summed E-state index contributed by atoms with van der Waals surface area (Å²) in [6.07, 6.45) is -1.28. The Morgan fingerprint density at radius 3 is 2.50 bits per heavy atom. The van der Waals surface area contributed by atoms with E-state index in [9.17, 15) is 13.6 Å². The lowest BCUT2D eigenvalue weighted by Crippen LogP contribution is -2.31. The van der Waals surface area contributed by atoms with Crippen LogP contribution in [0.15, 0.2) is 0 Å². The number of ether oxygens (including phenoxy) is 1. The topological polar surface area (TPSA) is 72.6 Å². The molecule has 0 saturated carbocycles. The van der Waals surface area contributed by atoms with Crippen molar-refractivity contribution in [1.82, 2.24) is 0 Å². The summed E-state index contributed by atoms with van der Waals surface area (Å²) in [5.74, 6) is -3.39. The minimum atomic E-state index is -3.39. The van der Waals surface area contributed by atoms with Crippen molar-refractivity contribution in [2.75, 3.05) is 13.2 Å². The fourth-order valence-electron chi connectivity index (χ4n) is 0.222. The second-order valence-corrected chi connectivity index (χ2v) is 1.62.